The van der Waals surface area contributed by atoms with E-state index < -0.39 is 5.97 Å². The summed E-state index contributed by atoms with van der Waals surface area (Å²) in [6, 6.07) is 14.8. The Bertz CT molecular complexity index is 943. The first-order chi connectivity index (χ1) is 13.4. The predicted octanol–water partition coefficient (Wildman–Crippen LogP) is 4.59. The fourth-order valence-corrected chi connectivity index (χ4v) is 3.93. The van der Waals surface area contributed by atoms with Gasteiger partial charge in [0.05, 0.1) is 11.3 Å². The number of rotatable bonds is 7. The number of aliphatic carboxylic acids is 1. The normalized spacial score (nSPS) is 15.3. The third-order valence-electron chi connectivity index (χ3n) is 3.90. The van der Waals surface area contributed by atoms with Gasteiger partial charge in [0.2, 0.25) is 0 Å². The van der Waals surface area contributed by atoms with Crippen LogP contribution in [0.5, 0.6) is 5.75 Å². The number of ether oxygens (including phenoxy) is 1. The van der Waals surface area contributed by atoms with Crippen molar-refractivity contribution in [1.29, 1.82) is 0 Å². The van der Waals surface area contributed by atoms with E-state index in [2.05, 4.69) is 0 Å². The van der Waals surface area contributed by atoms with E-state index in [9.17, 15) is 9.59 Å². The highest BCUT2D eigenvalue weighted by atomic mass is 35.5. The van der Waals surface area contributed by atoms with Crippen LogP contribution >= 0.6 is 35.6 Å². The number of nitrogens with zero attached hydrogens (tertiary/aromatic N) is 1. The van der Waals surface area contributed by atoms with E-state index in [0.29, 0.717) is 26.6 Å². The van der Waals surface area contributed by atoms with Gasteiger partial charge >= 0.3 is 5.97 Å². The number of carboxylic acids is 1. The van der Waals surface area contributed by atoms with Gasteiger partial charge in [0.15, 0.2) is 0 Å². The van der Waals surface area contributed by atoms with Gasteiger partial charge in [-0.05, 0) is 41.5 Å². The van der Waals surface area contributed by atoms with Crippen molar-refractivity contribution in [2.45, 2.75) is 13.0 Å². The summed E-state index contributed by atoms with van der Waals surface area (Å²) in [6.45, 7) is 0.472. The lowest BCUT2D eigenvalue weighted by Crippen LogP contribution is -2.30. The Balaban J connectivity index is 1.68. The number of amides is 1. The standard InChI is InChI=1S/C20H16ClNO4S2/c21-15-6-4-13(5-7-15)12-26-16-3-1-2-14(10-16)11-17-19(25)22(20(27)28-17)9-8-18(23)24/h1-7,10-11H,8-9,12H2,(H,23,24). The molecule has 1 heterocycles. The molecule has 1 amide bonds. The molecule has 2 aromatic rings. The molecule has 0 unspecified atom stereocenters. The second kappa shape index (κ2) is 9.23. The number of carbonyl (C=O) groups is 2. The second-order valence-electron chi connectivity index (χ2n) is 5.96. The van der Waals surface area contributed by atoms with Crippen LogP contribution in [0.1, 0.15) is 17.5 Å². The van der Waals surface area contributed by atoms with E-state index in [4.69, 9.17) is 33.7 Å². The van der Waals surface area contributed by atoms with Gasteiger partial charge in [-0.15, -0.1) is 0 Å². The molecule has 1 saturated heterocycles. The van der Waals surface area contributed by atoms with Crippen LogP contribution < -0.4 is 4.74 Å². The number of thioether (sulfide) groups is 1. The number of thiocarbonyl (C=S) groups is 1. The van der Waals surface area contributed by atoms with Crippen molar-refractivity contribution in [1.82, 2.24) is 4.90 Å². The van der Waals surface area contributed by atoms with E-state index >= 15 is 0 Å². The summed E-state index contributed by atoms with van der Waals surface area (Å²) in [5, 5.41) is 9.47. The van der Waals surface area contributed by atoms with Gasteiger partial charge in [0.1, 0.15) is 16.7 Å². The molecule has 0 spiro atoms. The lowest BCUT2D eigenvalue weighted by atomic mass is 10.2. The van der Waals surface area contributed by atoms with Crippen LogP contribution in [0.15, 0.2) is 53.4 Å². The molecule has 8 heteroatoms. The Hall–Kier alpha value is -2.35. The van der Waals surface area contributed by atoms with E-state index in [1.807, 2.05) is 48.5 Å². The smallest absolute Gasteiger partial charge is 0.305 e. The first-order valence-corrected chi connectivity index (χ1v) is 9.97. The fourth-order valence-electron chi connectivity index (χ4n) is 2.49. The van der Waals surface area contributed by atoms with Crippen molar-refractivity contribution in [3.05, 3.63) is 69.6 Å². The fraction of sp³-hybridized carbons (Fsp3) is 0.150. The first kappa shape index (κ1) is 20.4. The van der Waals surface area contributed by atoms with Gasteiger partial charge in [0.25, 0.3) is 5.91 Å². The average molecular weight is 434 g/mol. The van der Waals surface area contributed by atoms with Gasteiger partial charge in [-0.3, -0.25) is 14.5 Å². The summed E-state index contributed by atoms with van der Waals surface area (Å²) in [5.41, 5.74) is 1.79. The molecule has 144 valence electrons. The number of hydrogen-bond acceptors (Lipinski definition) is 5. The van der Waals surface area contributed by atoms with Crippen LogP contribution in [0.25, 0.3) is 6.08 Å². The molecule has 0 saturated carbocycles. The van der Waals surface area contributed by atoms with Crippen LogP contribution in [-0.2, 0) is 16.2 Å². The minimum absolute atomic E-state index is 0.0710. The minimum atomic E-state index is -0.969. The van der Waals surface area contributed by atoms with Crippen molar-refractivity contribution >= 4 is 57.9 Å². The summed E-state index contributed by atoms with van der Waals surface area (Å²) >= 11 is 12.2. The largest absolute Gasteiger partial charge is 0.489 e. The maximum Gasteiger partial charge on any atom is 0.305 e. The molecule has 0 radical (unpaired) electrons. The third kappa shape index (κ3) is 5.34. The second-order valence-corrected chi connectivity index (χ2v) is 8.08. The molecule has 5 nitrogen and oxygen atoms in total. The van der Waals surface area contributed by atoms with Gasteiger partial charge < -0.3 is 9.84 Å². The van der Waals surface area contributed by atoms with Gasteiger partial charge in [-0.1, -0.05) is 59.8 Å². The van der Waals surface area contributed by atoms with Gasteiger partial charge in [-0.2, -0.15) is 0 Å². The van der Waals surface area contributed by atoms with Gasteiger partial charge in [-0.25, -0.2) is 0 Å². The highest BCUT2D eigenvalue weighted by Gasteiger charge is 2.32. The van der Waals surface area contributed by atoms with E-state index in [0.717, 1.165) is 11.1 Å². The number of halogens is 1. The Kier molecular flexibility index (Phi) is 6.72. The molecule has 1 fully saturated rings. The number of carboxylic acid groups (broad SMARTS) is 1. The monoisotopic (exact) mass is 433 g/mol. The molecular formula is C20H16ClNO4S2. The molecule has 0 aliphatic carbocycles. The summed E-state index contributed by atoms with van der Waals surface area (Å²) < 4.78 is 6.17. The van der Waals surface area contributed by atoms with Crippen LogP contribution in [0, 0.1) is 0 Å². The zero-order chi connectivity index (χ0) is 20.1. The van der Waals surface area contributed by atoms with Crippen molar-refractivity contribution in [2.24, 2.45) is 0 Å². The number of benzene rings is 2. The summed E-state index contributed by atoms with van der Waals surface area (Å²) in [5.74, 6) is -0.572. The highest BCUT2D eigenvalue weighted by Crippen LogP contribution is 2.33. The molecule has 1 aliphatic heterocycles. The zero-order valence-electron chi connectivity index (χ0n) is 14.6. The quantitative estimate of drug-likeness (QED) is 0.508. The maximum absolute atomic E-state index is 12.5. The Morgan fingerprint density at radius 3 is 2.71 bits per heavy atom. The summed E-state index contributed by atoms with van der Waals surface area (Å²) in [4.78, 5) is 25.0. The van der Waals surface area contributed by atoms with E-state index in [1.54, 1.807) is 6.08 Å². The zero-order valence-corrected chi connectivity index (χ0v) is 17.0. The Labute approximate surface area is 176 Å². The van der Waals surface area contributed by atoms with Crippen molar-refractivity contribution < 1.29 is 19.4 Å². The minimum Gasteiger partial charge on any atom is -0.489 e. The van der Waals surface area contributed by atoms with E-state index in [-0.39, 0.29) is 18.9 Å². The van der Waals surface area contributed by atoms with E-state index in [1.165, 1.54) is 16.7 Å². The molecule has 0 aromatic heterocycles. The molecule has 0 bridgehead atoms. The lowest BCUT2D eigenvalue weighted by molar-refractivity contribution is -0.137. The molecule has 2 aromatic carbocycles. The summed E-state index contributed by atoms with van der Waals surface area (Å²) in [7, 11) is 0. The Morgan fingerprint density at radius 1 is 1.25 bits per heavy atom. The molecule has 28 heavy (non-hydrogen) atoms. The average Bonchev–Trinajstić information content (AvgIpc) is 2.93. The molecule has 0 atom stereocenters. The topological polar surface area (TPSA) is 66.8 Å². The van der Waals surface area contributed by atoms with Crippen LogP contribution in [0.3, 0.4) is 0 Å². The van der Waals surface area contributed by atoms with Crippen LogP contribution in [0.4, 0.5) is 0 Å². The Morgan fingerprint density at radius 2 is 2.00 bits per heavy atom. The summed E-state index contributed by atoms with van der Waals surface area (Å²) in [6.07, 6.45) is 1.59. The molecular weight excluding hydrogens is 418 g/mol. The maximum atomic E-state index is 12.5. The number of hydrogen-bond donors (Lipinski definition) is 1. The molecule has 1 N–H and O–H groups in total. The van der Waals surface area contributed by atoms with Gasteiger partial charge in [0, 0.05) is 11.6 Å². The highest BCUT2D eigenvalue weighted by molar-refractivity contribution is 8.26. The molecule has 3 rings (SSSR count). The first-order valence-electron chi connectivity index (χ1n) is 8.37. The molecule has 1 aliphatic rings. The SMILES string of the molecule is O=C(O)CCN1C(=O)C(=Cc2cccc(OCc3ccc(Cl)cc3)c2)SC1=S. The third-order valence-corrected chi connectivity index (χ3v) is 5.53. The van der Waals surface area contributed by atoms with Crippen LogP contribution in [0.2, 0.25) is 5.02 Å². The van der Waals surface area contributed by atoms with Crippen LogP contribution in [-0.4, -0.2) is 32.7 Å². The number of carbonyl (C=O) groups excluding carboxylic acids is 1. The predicted molar refractivity (Wildman–Crippen MR) is 114 cm³/mol. The van der Waals surface area contributed by atoms with Crippen molar-refractivity contribution in [3.63, 3.8) is 0 Å². The lowest BCUT2D eigenvalue weighted by Gasteiger charge is -2.12. The van der Waals surface area contributed by atoms with Crippen molar-refractivity contribution in [2.75, 3.05) is 6.54 Å². The van der Waals surface area contributed by atoms with Crippen molar-refractivity contribution in [3.8, 4) is 5.75 Å².